The van der Waals surface area contributed by atoms with Gasteiger partial charge >= 0.3 is 0 Å². The van der Waals surface area contributed by atoms with Crippen LogP contribution in [0, 0.1) is 34.2 Å². The molecule has 0 amide bonds. The maximum Gasteiger partial charge on any atom is 0.220 e. The van der Waals surface area contributed by atoms with Crippen molar-refractivity contribution >= 4 is 11.8 Å². The highest BCUT2D eigenvalue weighted by atomic mass is 32.2. The van der Waals surface area contributed by atoms with Gasteiger partial charge in [-0.15, -0.1) is 10.2 Å². The van der Waals surface area contributed by atoms with Gasteiger partial charge in [-0.1, -0.05) is 36.0 Å². The molecule has 0 radical (unpaired) electrons. The summed E-state index contributed by atoms with van der Waals surface area (Å²) in [5, 5.41) is 29.0. The van der Waals surface area contributed by atoms with Gasteiger partial charge in [-0.3, -0.25) is 14.7 Å². The maximum absolute atomic E-state index is 13.4. The van der Waals surface area contributed by atoms with Crippen molar-refractivity contribution in [1.82, 2.24) is 14.8 Å². The van der Waals surface area contributed by atoms with Gasteiger partial charge in [0.1, 0.15) is 23.5 Å². The molecular weight excluding hydrogens is 497 g/mol. The highest BCUT2D eigenvalue weighted by molar-refractivity contribution is 7.99. The zero-order valence-electron chi connectivity index (χ0n) is 20.0. The third-order valence-corrected chi connectivity index (χ3v) is 6.70. The third-order valence-electron chi connectivity index (χ3n) is 5.52. The zero-order chi connectivity index (χ0) is 26.4. The molecule has 0 aliphatic carbocycles. The average molecular weight is 520 g/mol. The van der Waals surface area contributed by atoms with E-state index >= 15 is 0 Å². The van der Waals surface area contributed by atoms with Crippen LogP contribution in [-0.2, 0) is 6.61 Å². The Morgan fingerprint density at radius 1 is 1.14 bits per heavy atom. The van der Waals surface area contributed by atoms with Crippen molar-refractivity contribution < 1.29 is 18.8 Å². The summed E-state index contributed by atoms with van der Waals surface area (Å²) in [7, 11) is 1.49. The number of halogens is 1. The van der Waals surface area contributed by atoms with E-state index in [1.54, 1.807) is 54.0 Å². The van der Waals surface area contributed by atoms with Crippen molar-refractivity contribution in [3.63, 3.8) is 0 Å². The minimum absolute atomic E-state index is 0.159. The van der Waals surface area contributed by atoms with Gasteiger partial charge < -0.3 is 9.47 Å². The first-order valence-electron chi connectivity index (χ1n) is 11.1. The molecular formula is C26H22FN5O4S. The van der Waals surface area contributed by atoms with Crippen molar-refractivity contribution in [3.05, 3.63) is 105 Å². The first-order valence-corrected chi connectivity index (χ1v) is 12.0. The second-order valence-corrected chi connectivity index (χ2v) is 9.10. The largest absolute Gasteiger partial charge is 0.493 e. The summed E-state index contributed by atoms with van der Waals surface area (Å²) < 4.78 is 26.6. The SMILES string of the molecule is COc1cc([C@@H](C[N+](=O)[O-])Sc2nnc(C)n2-c2ccc(F)cc2)ccc1OCc1ccccc1C#N. The van der Waals surface area contributed by atoms with E-state index in [-0.39, 0.29) is 19.0 Å². The fraction of sp³-hybridized carbons (Fsp3) is 0.192. The van der Waals surface area contributed by atoms with E-state index in [1.165, 1.54) is 31.0 Å². The number of nitriles is 1. The van der Waals surface area contributed by atoms with Gasteiger partial charge in [-0.2, -0.15) is 5.26 Å². The molecule has 0 bridgehead atoms. The fourth-order valence-corrected chi connectivity index (χ4v) is 4.86. The number of thioether (sulfide) groups is 1. The van der Waals surface area contributed by atoms with Gasteiger partial charge in [0.15, 0.2) is 16.7 Å². The molecule has 0 aliphatic heterocycles. The predicted octanol–water partition coefficient (Wildman–Crippen LogP) is 5.28. The quantitative estimate of drug-likeness (QED) is 0.158. The van der Waals surface area contributed by atoms with Crippen molar-refractivity contribution in [2.24, 2.45) is 0 Å². The lowest BCUT2D eigenvalue weighted by Gasteiger charge is -2.17. The minimum Gasteiger partial charge on any atom is -0.493 e. The highest BCUT2D eigenvalue weighted by Gasteiger charge is 2.25. The van der Waals surface area contributed by atoms with Gasteiger partial charge in [0.25, 0.3) is 0 Å². The van der Waals surface area contributed by atoms with E-state index < -0.39 is 10.2 Å². The molecule has 11 heteroatoms. The van der Waals surface area contributed by atoms with E-state index in [0.29, 0.717) is 39.3 Å². The number of hydrogen-bond acceptors (Lipinski definition) is 8. The van der Waals surface area contributed by atoms with E-state index in [2.05, 4.69) is 16.3 Å². The Kier molecular flexibility index (Phi) is 8.00. The number of ether oxygens (including phenoxy) is 2. The van der Waals surface area contributed by atoms with Crippen LogP contribution in [0.4, 0.5) is 4.39 Å². The first-order chi connectivity index (χ1) is 17.9. The number of aryl methyl sites for hydroxylation is 1. The molecule has 9 nitrogen and oxygen atoms in total. The zero-order valence-corrected chi connectivity index (χ0v) is 20.8. The van der Waals surface area contributed by atoms with Crippen LogP contribution < -0.4 is 9.47 Å². The van der Waals surface area contributed by atoms with Crippen LogP contribution in [0.5, 0.6) is 11.5 Å². The molecule has 1 heterocycles. The van der Waals surface area contributed by atoms with E-state index in [0.717, 1.165) is 5.56 Å². The molecule has 0 unspecified atom stereocenters. The van der Waals surface area contributed by atoms with Gasteiger partial charge in [-0.25, -0.2) is 4.39 Å². The van der Waals surface area contributed by atoms with Crippen molar-refractivity contribution in [1.29, 1.82) is 5.26 Å². The summed E-state index contributed by atoms with van der Waals surface area (Å²) in [5.41, 5.74) is 2.52. The Labute approximate surface area is 216 Å². The smallest absolute Gasteiger partial charge is 0.220 e. The molecule has 188 valence electrons. The summed E-state index contributed by atoms with van der Waals surface area (Å²) in [5.74, 6) is 1.03. The minimum atomic E-state index is -0.625. The van der Waals surface area contributed by atoms with Crippen molar-refractivity contribution in [2.75, 3.05) is 13.7 Å². The van der Waals surface area contributed by atoms with Crippen LogP contribution in [0.2, 0.25) is 0 Å². The summed E-state index contributed by atoms with van der Waals surface area (Å²) in [6.07, 6.45) is 0. The molecule has 4 rings (SSSR count). The molecule has 0 saturated heterocycles. The normalized spacial score (nSPS) is 11.5. The lowest BCUT2D eigenvalue weighted by molar-refractivity contribution is -0.479. The van der Waals surface area contributed by atoms with E-state index in [1.807, 2.05) is 12.1 Å². The van der Waals surface area contributed by atoms with Crippen LogP contribution >= 0.6 is 11.8 Å². The monoisotopic (exact) mass is 519 g/mol. The fourth-order valence-electron chi connectivity index (χ4n) is 3.69. The number of hydrogen-bond donors (Lipinski definition) is 0. The topological polar surface area (TPSA) is 116 Å². The second kappa shape index (κ2) is 11.5. The lowest BCUT2D eigenvalue weighted by Crippen LogP contribution is -2.11. The first kappa shape index (κ1) is 25.7. The number of aromatic nitrogens is 3. The molecule has 37 heavy (non-hydrogen) atoms. The van der Waals surface area contributed by atoms with Gasteiger partial charge in [0.05, 0.1) is 18.7 Å². The Balaban J connectivity index is 1.61. The Morgan fingerprint density at radius 3 is 2.59 bits per heavy atom. The molecule has 4 aromatic rings. The average Bonchev–Trinajstić information content (AvgIpc) is 3.27. The van der Waals surface area contributed by atoms with E-state index in [9.17, 15) is 19.8 Å². The van der Waals surface area contributed by atoms with E-state index in [4.69, 9.17) is 9.47 Å². The van der Waals surface area contributed by atoms with Crippen LogP contribution in [0.1, 0.15) is 27.8 Å². The maximum atomic E-state index is 13.4. The molecule has 0 aliphatic rings. The standard InChI is InChI=1S/C26H22FN5O4S/c1-17-29-30-26(32(17)22-10-8-21(27)9-11-22)37-25(15-31(33)34)18-7-12-23(24(13-18)35-2)36-16-20-6-4-3-5-19(20)14-28/h3-13,25H,15-16H2,1-2H3/t25-/m1/s1. The van der Waals surface area contributed by atoms with Crippen LogP contribution in [0.25, 0.3) is 5.69 Å². The molecule has 3 aromatic carbocycles. The Morgan fingerprint density at radius 2 is 1.89 bits per heavy atom. The number of methoxy groups -OCH3 is 1. The van der Waals surface area contributed by atoms with Crippen LogP contribution in [0.15, 0.2) is 71.9 Å². The lowest BCUT2D eigenvalue weighted by atomic mass is 10.1. The molecule has 0 fully saturated rings. The van der Waals surface area contributed by atoms with Gasteiger partial charge in [0.2, 0.25) is 6.54 Å². The summed E-state index contributed by atoms with van der Waals surface area (Å²) >= 11 is 1.18. The highest BCUT2D eigenvalue weighted by Crippen LogP contribution is 2.39. The Bertz CT molecular complexity index is 1450. The number of rotatable bonds is 10. The predicted molar refractivity (Wildman–Crippen MR) is 135 cm³/mol. The van der Waals surface area contributed by atoms with Crippen molar-refractivity contribution in [2.45, 2.75) is 23.9 Å². The summed E-state index contributed by atoms with van der Waals surface area (Å²) in [6.45, 7) is 1.54. The van der Waals surface area contributed by atoms with Crippen LogP contribution in [0.3, 0.4) is 0 Å². The number of nitrogens with zero attached hydrogens (tertiary/aromatic N) is 5. The van der Waals surface area contributed by atoms with Gasteiger partial charge in [-0.05, 0) is 55.0 Å². The number of nitro groups is 1. The Hall–Kier alpha value is -4.43. The van der Waals surface area contributed by atoms with Crippen LogP contribution in [-0.4, -0.2) is 33.3 Å². The number of benzene rings is 3. The molecule has 1 atom stereocenters. The summed E-state index contributed by atoms with van der Waals surface area (Å²) in [6, 6.07) is 20.2. The van der Waals surface area contributed by atoms with Gasteiger partial charge in [0, 0.05) is 16.2 Å². The molecule has 0 spiro atoms. The molecule has 0 saturated carbocycles. The molecule has 0 N–H and O–H groups in total. The third kappa shape index (κ3) is 6.05. The van der Waals surface area contributed by atoms with Crippen molar-refractivity contribution in [3.8, 4) is 23.3 Å². The second-order valence-electron chi connectivity index (χ2n) is 7.93. The summed E-state index contributed by atoms with van der Waals surface area (Å²) in [4.78, 5) is 11.1. The molecule has 1 aromatic heterocycles.